The summed E-state index contributed by atoms with van der Waals surface area (Å²) in [5.41, 5.74) is 3.38. The van der Waals surface area contributed by atoms with Crippen LogP contribution in [-0.4, -0.2) is 50.2 Å². The van der Waals surface area contributed by atoms with Gasteiger partial charge in [-0.1, -0.05) is 23.8 Å². The molecule has 0 unspecified atom stereocenters. The number of methoxy groups -OCH3 is 1. The van der Waals surface area contributed by atoms with Crippen molar-refractivity contribution in [3.05, 3.63) is 59.0 Å². The molecule has 176 valence electrons. The summed E-state index contributed by atoms with van der Waals surface area (Å²) in [5, 5.41) is 5.41. The molecule has 3 aromatic rings. The first kappa shape index (κ1) is 22.5. The number of nitrogens with one attached hydrogen (secondary N) is 1. The Morgan fingerprint density at radius 1 is 1.15 bits per heavy atom. The zero-order valence-electron chi connectivity index (χ0n) is 18.8. The third kappa shape index (κ3) is 4.19. The lowest BCUT2D eigenvalue weighted by atomic mass is 9.95. The van der Waals surface area contributed by atoms with Crippen molar-refractivity contribution in [1.82, 2.24) is 9.88 Å². The van der Waals surface area contributed by atoms with Gasteiger partial charge >= 0.3 is 0 Å². The maximum absolute atomic E-state index is 12.9. The average Bonchev–Trinajstić information content (AvgIpc) is 3.41. The molecule has 1 saturated heterocycles. The number of benzene rings is 2. The molecule has 2 aliphatic heterocycles. The van der Waals surface area contributed by atoms with Gasteiger partial charge in [0.2, 0.25) is 5.91 Å². The van der Waals surface area contributed by atoms with E-state index in [1.807, 2.05) is 41.5 Å². The molecule has 5 rings (SSSR count). The van der Waals surface area contributed by atoms with Gasteiger partial charge in [-0.25, -0.2) is 4.98 Å². The van der Waals surface area contributed by atoms with Gasteiger partial charge in [-0.05, 0) is 44.0 Å². The fourth-order valence-electron chi connectivity index (χ4n) is 4.35. The predicted molar refractivity (Wildman–Crippen MR) is 132 cm³/mol. The Labute approximate surface area is 202 Å². The fraction of sp³-hybridized carbons (Fsp3) is 0.292. The first-order chi connectivity index (χ1) is 16.4. The van der Waals surface area contributed by atoms with Crippen molar-refractivity contribution in [2.45, 2.75) is 24.7 Å². The molecular weight excluding hydrogens is 472 g/mol. The first-order valence-electron chi connectivity index (χ1n) is 11.0. The summed E-state index contributed by atoms with van der Waals surface area (Å²) in [6.45, 7) is 3.13. The summed E-state index contributed by atoms with van der Waals surface area (Å²) in [5.74, 6) is 0.967. The van der Waals surface area contributed by atoms with Crippen molar-refractivity contribution in [3.63, 3.8) is 0 Å². The number of likely N-dealkylation sites (tertiary alicyclic amines) is 1. The number of hydrogen-bond donors (Lipinski definition) is 1. The number of carbonyl (C=O) groups excluding carboxylic acids is 1. The van der Waals surface area contributed by atoms with Gasteiger partial charge in [-0.3, -0.25) is 4.79 Å². The first-order valence-corrected chi connectivity index (χ1v) is 13.3. The van der Waals surface area contributed by atoms with Gasteiger partial charge in [0.1, 0.15) is 10.6 Å². The Hall–Kier alpha value is -3.24. The number of rotatable bonds is 4. The standard InChI is InChI=1S/C24H24N4O4S2/c1-15-7-8-20(32-2)18(13-15)19-14-33-24(25-19)26-23(29)16-9-11-28(12-10-16)22-17-5-3-4-6-21(17)34(30,31)27-22/h3-8,13-14,16H,9-12H2,1-2H3,(H,25,26,29). The molecule has 0 saturated carbocycles. The van der Waals surface area contributed by atoms with E-state index >= 15 is 0 Å². The van der Waals surface area contributed by atoms with Gasteiger partial charge in [0.05, 0.1) is 12.8 Å². The van der Waals surface area contributed by atoms with Crippen LogP contribution in [0.1, 0.15) is 24.0 Å². The number of amidine groups is 1. The molecule has 0 aliphatic carbocycles. The summed E-state index contributed by atoms with van der Waals surface area (Å²) in [7, 11) is -2.03. The number of fused-ring (bicyclic) bond motifs is 1. The normalized spacial score (nSPS) is 17.2. The highest BCUT2D eigenvalue weighted by Crippen LogP contribution is 2.34. The molecule has 0 bridgehead atoms. The van der Waals surface area contributed by atoms with Crippen LogP contribution in [-0.2, 0) is 14.8 Å². The van der Waals surface area contributed by atoms with E-state index in [-0.39, 0.29) is 16.7 Å². The van der Waals surface area contributed by atoms with Crippen LogP contribution in [0.4, 0.5) is 5.13 Å². The average molecular weight is 497 g/mol. The van der Waals surface area contributed by atoms with Crippen LogP contribution >= 0.6 is 11.3 Å². The third-order valence-electron chi connectivity index (χ3n) is 6.14. The molecule has 2 aliphatic rings. The molecule has 1 amide bonds. The molecule has 3 heterocycles. The van der Waals surface area contributed by atoms with Gasteiger partial charge in [0, 0.05) is 35.5 Å². The topological polar surface area (TPSA) is 101 Å². The fourth-order valence-corrected chi connectivity index (χ4v) is 6.30. The molecule has 2 aromatic carbocycles. The maximum atomic E-state index is 12.9. The minimum absolute atomic E-state index is 0.0712. The second-order valence-corrected chi connectivity index (χ2v) is 10.8. The number of carbonyl (C=O) groups is 1. The second kappa shape index (κ2) is 8.84. The van der Waals surface area contributed by atoms with Crippen LogP contribution in [0.25, 0.3) is 11.3 Å². The summed E-state index contributed by atoms with van der Waals surface area (Å²) in [6.07, 6.45) is 1.22. The number of hydrogen-bond acceptors (Lipinski definition) is 7. The van der Waals surface area contributed by atoms with Gasteiger partial charge in [-0.2, -0.15) is 8.42 Å². The number of piperidine rings is 1. The Morgan fingerprint density at radius 2 is 1.91 bits per heavy atom. The predicted octanol–water partition coefficient (Wildman–Crippen LogP) is 3.93. The van der Waals surface area contributed by atoms with Gasteiger partial charge in [0.15, 0.2) is 11.0 Å². The van der Waals surface area contributed by atoms with Gasteiger partial charge in [0.25, 0.3) is 10.0 Å². The number of anilines is 1. The molecule has 10 heteroatoms. The summed E-state index contributed by atoms with van der Waals surface area (Å²) < 4.78 is 34.2. The van der Waals surface area contributed by atoms with E-state index in [0.29, 0.717) is 42.5 Å². The van der Waals surface area contributed by atoms with E-state index in [0.717, 1.165) is 22.6 Å². The highest BCUT2D eigenvalue weighted by Gasteiger charge is 2.34. The van der Waals surface area contributed by atoms with Crippen molar-refractivity contribution in [3.8, 4) is 17.0 Å². The lowest BCUT2D eigenvalue weighted by Crippen LogP contribution is -2.41. The molecule has 1 N–H and O–H groups in total. The van der Waals surface area contributed by atoms with Crippen molar-refractivity contribution in [2.75, 3.05) is 25.5 Å². The SMILES string of the molecule is COc1ccc(C)cc1-c1csc(NC(=O)C2CCN(C3=NS(=O)(=O)c4ccccc43)CC2)n1. The zero-order chi connectivity index (χ0) is 23.9. The Bertz CT molecular complexity index is 1390. The van der Waals surface area contributed by atoms with Crippen LogP contribution < -0.4 is 10.1 Å². The molecule has 1 fully saturated rings. The summed E-state index contributed by atoms with van der Waals surface area (Å²) >= 11 is 1.38. The molecular formula is C24H24N4O4S2. The highest BCUT2D eigenvalue weighted by atomic mass is 32.2. The van der Waals surface area contributed by atoms with Crippen molar-refractivity contribution in [1.29, 1.82) is 0 Å². The monoisotopic (exact) mass is 496 g/mol. The molecule has 34 heavy (non-hydrogen) atoms. The Morgan fingerprint density at radius 3 is 2.68 bits per heavy atom. The minimum atomic E-state index is -3.65. The molecule has 0 spiro atoms. The van der Waals surface area contributed by atoms with Crippen LogP contribution in [0.5, 0.6) is 5.75 Å². The number of nitrogens with zero attached hydrogens (tertiary/aromatic N) is 3. The lowest BCUT2D eigenvalue weighted by Gasteiger charge is -2.32. The third-order valence-corrected chi connectivity index (χ3v) is 8.23. The van der Waals surface area contributed by atoms with Crippen LogP contribution in [0.3, 0.4) is 0 Å². The highest BCUT2D eigenvalue weighted by molar-refractivity contribution is 7.90. The molecule has 8 nitrogen and oxygen atoms in total. The largest absolute Gasteiger partial charge is 0.496 e. The summed E-state index contributed by atoms with van der Waals surface area (Å²) in [4.78, 5) is 19.7. The Balaban J connectivity index is 1.24. The minimum Gasteiger partial charge on any atom is -0.496 e. The van der Waals surface area contributed by atoms with E-state index in [1.54, 1.807) is 25.3 Å². The van der Waals surface area contributed by atoms with Gasteiger partial charge in [-0.15, -0.1) is 15.7 Å². The van der Waals surface area contributed by atoms with E-state index in [9.17, 15) is 13.2 Å². The van der Waals surface area contributed by atoms with Crippen molar-refractivity contribution in [2.24, 2.45) is 10.3 Å². The number of thiazole rings is 1. The molecule has 0 atom stereocenters. The zero-order valence-corrected chi connectivity index (χ0v) is 20.4. The molecule has 0 radical (unpaired) electrons. The van der Waals surface area contributed by atoms with Crippen molar-refractivity contribution < 1.29 is 17.9 Å². The maximum Gasteiger partial charge on any atom is 0.285 e. The lowest BCUT2D eigenvalue weighted by molar-refractivity contribution is -0.120. The number of aryl methyl sites for hydroxylation is 1. The van der Waals surface area contributed by atoms with Crippen LogP contribution in [0, 0.1) is 12.8 Å². The second-order valence-electron chi connectivity index (χ2n) is 8.38. The van der Waals surface area contributed by atoms with Gasteiger partial charge < -0.3 is 15.0 Å². The van der Waals surface area contributed by atoms with Crippen LogP contribution in [0.15, 0.2) is 57.1 Å². The molecule has 1 aromatic heterocycles. The van der Waals surface area contributed by atoms with E-state index in [2.05, 4.69) is 14.7 Å². The van der Waals surface area contributed by atoms with E-state index < -0.39 is 10.0 Å². The van der Waals surface area contributed by atoms with E-state index in [4.69, 9.17) is 4.74 Å². The number of ether oxygens (including phenoxy) is 1. The quantitative estimate of drug-likeness (QED) is 0.587. The number of sulfonamides is 1. The smallest absolute Gasteiger partial charge is 0.285 e. The summed E-state index contributed by atoms with van der Waals surface area (Å²) in [6, 6.07) is 12.8. The number of aromatic nitrogens is 1. The number of amides is 1. The van der Waals surface area contributed by atoms with E-state index in [1.165, 1.54) is 11.3 Å². The van der Waals surface area contributed by atoms with Crippen molar-refractivity contribution >= 4 is 38.2 Å². The Kier molecular flexibility index (Phi) is 5.86. The van der Waals surface area contributed by atoms with Crippen LogP contribution in [0.2, 0.25) is 0 Å².